The molecule has 160 valence electrons. The molecule has 6 saturated carbocycles. The predicted octanol–water partition coefficient (Wildman–Crippen LogP) is 2.36. The van der Waals surface area contributed by atoms with Crippen LogP contribution in [0.2, 0.25) is 0 Å². The van der Waals surface area contributed by atoms with Crippen molar-refractivity contribution >= 4 is 5.97 Å². The lowest BCUT2D eigenvalue weighted by molar-refractivity contribution is -0.261. The maximum Gasteiger partial charge on any atom is 0.302 e. The Balaban J connectivity index is 1.61. The minimum absolute atomic E-state index is 0.0192. The Morgan fingerprint density at radius 1 is 1.31 bits per heavy atom. The summed E-state index contributed by atoms with van der Waals surface area (Å²) in [7, 11) is 0. The van der Waals surface area contributed by atoms with Crippen LogP contribution >= 0.6 is 0 Å². The standard InChI is InChI=1S/C24H35NO4/c1-5-25-11-22(4)8-7-17(27)24-16(22)10-15(20(24)25)23-9-6-14(12(2)21(23)28)18(19(23)24)29-13(3)26/h14-21,27-28H,2,5-11H2,1,3-4H3/t14-,15?,16?,17+,18+,19?,20-,21-,22+,23+,24-/m1/s1. The first-order valence-corrected chi connectivity index (χ1v) is 11.7. The van der Waals surface area contributed by atoms with Crippen molar-refractivity contribution in [1.82, 2.24) is 4.90 Å². The van der Waals surface area contributed by atoms with Crippen molar-refractivity contribution in [3.63, 3.8) is 0 Å². The highest BCUT2D eigenvalue weighted by Gasteiger charge is 2.86. The first-order chi connectivity index (χ1) is 13.7. The van der Waals surface area contributed by atoms with E-state index in [1.165, 1.54) is 6.92 Å². The molecule has 0 aromatic carbocycles. The predicted molar refractivity (Wildman–Crippen MR) is 108 cm³/mol. The summed E-state index contributed by atoms with van der Waals surface area (Å²) in [6.45, 7) is 12.5. The number of nitrogens with zero attached hydrogens (tertiary/aromatic N) is 1. The van der Waals surface area contributed by atoms with Gasteiger partial charge in [-0.05, 0) is 61.5 Å². The van der Waals surface area contributed by atoms with Gasteiger partial charge >= 0.3 is 5.97 Å². The Morgan fingerprint density at radius 2 is 2.07 bits per heavy atom. The van der Waals surface area contributed by atoms with Gasteiger partial charge in [-0.3, -0.25) is 9.69 Å². The van der Waals surface area contributed by atoms with Gasteiger partial charge < -0.3 is 14.9 Å². The first kappa shape index (κ1) is 18.8. The van der Waals surface area contributed by atoms with Crippen LogP contribution < -0.4 is 0 Å². The molecule has 6 aliphatic carbocycles. The van der Waals surface area contributed by atoms with E-state index in [0.29, 0.717) is 11.8 Å². The SMILES string of the molecule is C=C1[C@H]2CC[C@@]3(C4CC5[C@@]6(C)CC[C@H](O)[C@]5(C3[C@H]2OC(C)=O)[C@@H]4N(CC)C6)[C@@H]1O. The van der Waals surface area contributed by atoms with Crippen LogP contribution in [-0.2, 0) is 9.53 Å². The van der Waals surface area contributed by atoms with E-state index in [9.17, 15) is 15.0 Å². The van der Waals surface area contributed by atoms with Gasteiger partial charge in [-0.25, -0.2) is 0 Å². The second kappa shape index (κ2) is 5.46. The van der Waals surface area contributed by atoms with Crippen molar-refractivity contribution in [2.75, 3.05) is 13.1 Å². The lowest BCUT2D eigenvalue weighted by atomic mass is 9.38. The van der Waals surface area contributed by atoms with Gasteiger partial charge in [-0.1, -0.05) is 20.4 Å². The molecule has 7 bridgehead atoms. The monoisotopic (exact) mass is 401 g/mol. The van der Waals surface area contributed by atoms with E-state index >= 15 is 0 Å². The van der Waals surface area contributed by atoms with Crippen molar-refractivity contribution in [3.8, 4) is 0 Å². The van der Waals surface area contributed by atoms with Crippen LogP contribution in [0.1, 0.15) is 52.9 Å². The van der Waals surface area contributed by atoms with Crippen LogP contribution in [0.15, 0.2) is 12.2 Å². The van der Waals surface area contributed by atoms with Crippen LogP contribution in [-0.4, -0.2) is 58.5 Å². The van der Waals surface area contributed by atoms with Gasteiger partial charge in [0.1, 0.15) is 6.10 Å². The fourth-order valence-electron chi connectivity index (χ4n) is 10.3. The zero-order chi connectivity index (χ0) is 20.5. The number of carbonyl (C=O) groups excluding carboxylic acids is 1. The second-order valence-electron chi connectivity index (χ2n) is 11.4. The van der Waals surface area contributed by atoms with Gasteiger partial charge in [0.25, 0.3) is 0 Å². The van der Waals surface area contributed by atoms with Crippen LogP contribution in [0.4, 0.5) is 0 Å². The molecule has 1 saturated heterocycles. The summed E-state index contributed by atoms with van der Waals surface area (Å²) in [6.07, 6.45) is 3.72. The van der Waals surface area contributed by atoms with Crippen LogP contribution in [0.5, 0.6) is 0 Å². The molecule has 7 fully saturated rings. The molecular weight excluding hydrogens is 366 g/mol. The molecule has 1 heterocycles. The van der Waals surface area contributed by atoms with Gasteiger partial charge in [0.15, 0.2) is 0 Å². The Labute approximate surface area is 173 Å². The van der Waals surface area contributed by atoms with Crippen molar-refractivity contribution in [2.45, 2.75) is 77.2 Å². The van der Waals surface area contributed by atoms with Crippen molar-refractivity contribution in [1.29, 1.82) is 0 Å². The van der Waals surface area contributed by atoms with Gasteiger partial charge in [0.2, 0.25) is 0 Å². The quantitative estimate of drug-likeness (QED) is 0.549. The van der Waals surface area contributed by atoms with Gasteiger partial charge in [-0.2, -0.15) is 0 Å². The van der Waals surface area contributed by atoms with Gasteiger partial charge in [0, 0.05) is 42.2 Å². The summed E-state index contributed by atoms with van der Waals surface area (Å²) in [4.78, 5) is 14.8. The molecule has 5 heteroatoms. The summed E-state index contributed by atoms with van der Waals surface area (Å²) in [5.41, 5.74) is 0.492. The molecule has 7 rings (SSSR count). The van der Waals surface area contributed by atoms with E-state index in [-0.39, 0.29) is 52.3 Å². The van der Waals surface area contributed by atoms with E-state index in [1.54, 1.807) is 0 Å². The molecule has 3 unspecified atom stereocenters. The number of aliphatic hydroxyl groups is 2. The molecule has 0 aromatic rings. The fourth-order valence-corrected chi connectivity index (χ4v) is 10.3. The number of carbonyl (C=O) groups is 1. The number of hydrogen-bond acceptors (Lipinski definition) is 5. The number of ether oxygens (including phenoxy) is 1. The summed E-state index contributed by atoms with van der Waals surface area (Å²) in [5.74, 6) is 0.606. The summed E-state index contributed by atoms with van der Waals surface area (Å²) < 4.78 is 6.07. The van der Waals surface area contributed by atoms with E-state index in [2.05, 4.69) is 25.3 Å². The smallest absolute Gasteiger partial charge is 0.302 e. The molecule has 0 radical (unpaired) electrons. The molecule has 0 amide bonds. The molecule has 11 atom stereocenters. The molecule has 1 aliphatic heterocycles. The lowest BCUT2D eigenvalue weighted by Gasteiger charge is -2.69. The number of aliphatic hydroxyl groups excluding tert-OH is 2. The number of piperidine rings is 1. The minimum Gasteiger partial charge on any atom is -0.462 e. The van der Waals surface area contributed by atoms with Crippen molar-refractivity contribution in [2.24, 2.45) is 39.9 Å². The number of hydrogen-bond donors (Lipinski definition) is 2. The number of fused-ring (bicyclic) bond motifs is 2. The highest BCUT2D eigenvalue weighted by Crippen LogP contribution is 2.83. The molecule has 2 N–H and O–H groups in total. The first-order valence-electron chi connectivity index (χ1n) is 11.7. The molecular formula is C24H35NO4. The lowest BCUT2D eigenvalue weighted by Crippen LogP contribution is -2.72. The van der Waals surface area contributed by atoms with Crippen molar-refractivity contribution in [3.05, 3.63) is 12.2 Å². The number of esters is 1. The summed E-state index contributed by atoms with van der Waals surface area (Å²) in [6, 6.07) is 0.281. The van der Waals surface area contributed by atoms with Crippen LogP contribution in [0.3, 0.4) is 0 Å². The van der Waals surface area contributed by atoms with E-state index in [1.807, 2.05) is 0 Å². The van der Waals surface area contributed by atoms with Crippen LogP contribution in [0.25, 0.3) is 0 Å². The third kappa shape index (κ3) is 1.77. The highest BCUT2D eigenvalue weighted by molar-refractivity contribution is 5.66. The average Bonchev–Trinajstić information content (AvgIpc) is 3.12. The zero-order valence-corrected chi connectivity index (χ0v) is 17.9. The normalized spacial score (nSPS) is 59.7. The minimum atomic E-state index is -0.539. The van der Waals surface area contributed by atoms with Crippen LogP contribution in [0, 0.1) is 39.9 Å². The largest absolute Gasteiger partial charge is 0.462 e. The zero-order valence-electron chi connectivity index (χ0n) is 17.9. The topological polar surface area (TPSA) is 70.0 Å². The maximum atomic E-state index is 12.2. The molecule has 5 nitrogen and oxygen atoms in total. The van der Waals surface area contributed by atoms with Crippen molar-refractivity contribution < 1.29 is 19.7 Å². The average molecular weight is 402 g/mol. The highest BCUT2D eigenvalue weighted by atomic mass is 16.5. The molecule has 29 heavy (non-hydrogen) atoms. The Morgan fingerprint density at radius 3 is 2.76 bits per heavy atom. The molecule has 2 spiro atoms. The molecule has 0 aromatic heterocycles. The maximum absolute atomic E-state index is 12.2. The van der Waals surface area contributed by atoms with Gasteiger partial charge in [0.05, 0.1) is 12.2 Å². The Hall–Kier alpha value is -0.910. The van der Waals surface area contributed by atoms with E-state index in [0.717, 1.165) is 50.8 Å². The summed E-state index contributed by atoms with van der Waals surface area (Å²) in [5, 5.41) is 23.3. The third-order valence-corrected chi connectivity index (χ3v) is 10.8. The number of rotatable bonds is 2. The Bertz CT molecular complexity index is 798. The molecule has 7 aliphatic rings. The van der Waals surface area contributed by atoms with Gasteiger partial charge in [-0.15, -0.1) is 0 Å². The Kier molecular flexibility index (Phi) is 3.55. The summed E-state index contributed by atoms with van der Waals surface area (Å²) >= 11 is 0. The van der Waals surface area contributed by atoms with E-state index in [4.69, 9.17) is 4.74 Å². The fraction of sp³-hybridized carbons (Fsp3) is 0.875. The second-order valence-corrected chi connectivity index (χ2v) is 11.4. The van der Waals surface area contributed by atoms with E-state index < -0.39 is 6.10 Å². The number of likely N-dealkylation sites (tertiary alicyclic amines) is 1. The third-order valence-electron chi connectivity index (χ3n) is 10.8.